The van der Waals surface area contributed by atoms with Crippen molar-refractivity contribution in [1.82, 2.24) is 0 Å². The number of sulfonamides is 1. The predicted octanol–water partition coefficient (Wildman–Crippen LogP) is 1.89. The van der Waals surface area contributed by atoms with Gasteiger partial charge in [-0.25, -0.2) is 8.42 Å². The number of carboxylic acid groups (broad SMARTS) is 1. The highest BCUT2D eigenvalue weighted by Crippen LogP contribution is 2.35. The van der Waals surface area contributed by atoms with Crippen molar-refractivity contribution < 1.29 is 32.7 Å². The Labute approximate surface area is 154 Å². The van der Waals surface area contributed by atoms with Gasteiger partial charge in [0.05, 0.1) is 24.0 Å². The van der Waals surface area contributed by atoms with Crippen LogP contribution in [0.4, 0.5) is 11.4 Å². The third-order valence-corrected chi connectivity index (χ3v) is 5.34. The molecule has 0 unspecified atom stereocenters. The Bertz CT molecular complexity index is 957. The van der Waals surface area contributed by atoms with E-state index in [-0.39, 0.29) is 16.3 Å². The predicted molar refractivity (Wildman–Crippen MR) is 94.8 cm³/mol. The van der Waals surface area contributed by atoms with Gasteiger partial charge in [0.2, 0.25) is 0 Å². The quantitative estimate of drug-likeness (QED) is 0.528. The van der Waals surface area contributed by atoms with E-state index in [9.17, 15) is 28.4 Å². The summed E-state index contributed by atoms with van der Waals surface area (Å²) in [5.41, 5.74) is -0.670. The van der Waals surface area contributed by atoms with Gasteiger partial charge in [0.15, 0.2) is 0 Å². The van der Waals surface area contributed by atoms with Crippen LogP contribution >= 0.6 is 0 Å². The van der Waals surface area contributed by atoms with Gasteiger partial charge in [0.25, 0.3) is 15.7 Å². The molecule has 0 aromatic heterocycles. The number of benzene rings is 2. The molecule has 0 heterocycles. The molecule has 11 heteroatoms. The fourth-order valence-electron chi connectivity index (χ4n) is 2.28. The van der Waals surface area contributed by atoms with E-state index in [1.54, 1.807) is 0 Å². The largest absolute Gasteiger partial charge is 0.497 e. The van der Waals surface area contributed by atoms with Crippen LogP contribution in [0.15, 0.2) is 47.4 Å². The number of methoxy groups -OCH3 is 2. The monoisotopic (exact) mass is 396 g/mol. The normalized spacial score (nSPS) is 10.9. The van der Waals surface area contributed by atoms with E-state index >= 15 is 0 Å². The van der Waals surface area contributed by atoms with Crippen LogP contribution in [0.5, 0.6) is 11.5 Å². The minimum Gasteiger partial charge on any atom is -0.497 e. The van der Waals surface area contributed by atoms with E-state index in [1.807, 2.05) is 0 Å². The second kappa shape index (κ2) is 7.91. The SMILES string of the molecule is COc1ccc(S(=O)(=O)N(CC(=O)O)c2cc([N+](=O)[O-])ccc2OC)cc1. The van der Waals surface area contributed by atoms with Crippen LogP contribution in [0.3, 0.4) is 0 Å². The van der Waals surface area contributed by atoms with Crippen molar-refractivity contribution in [3.63, 3.8) is 0 Å². The van der Waals surface area contributed by atoms with Crippen LogP contribution in [-0.4, -0.2) is 45.2 Å². The van der Waals surface area contributed by atoms with Gasteiger partial charge in [-0.3, -0.25) is 19.2 Å². The minimum atomic E-state index is -4.35. The maximum atomic E-state index is 13.0. The van der Waals surface area contributed by atoms with Crippen molar-refractivity contribution in [2.45, 2.75) is 4.90 Å². The molecule has 10 nitrogen and oxygen atoms in total. The van der Waals surface area contributed by atoms with Gasteiger partial charge in [-0.05, 0) is 30.3 Å². The number of anilines is 1. The molecule has 0 radical (unpaired) electrons. The molecular formula is C16H16N2O8S. The maximum absolute atomic E-state index is 13.0. The van der Waals surface area contributed by atoms with Crippen molar-refractivity contribution in [1.29, 1.82) is 0 Å². The zero-order chi connectivity index (χ0) is 20.2. The van der Waals surface area contributed by atoms with Gasteiger partial charge in [-0.2, -0.15) is 0 Å². The summed E-state index contributed by atoms with van der Waals surface area (Å²) in [5, 5.41) is 20.2. The van der Waals surface area contributed by atoms with Crippen molar-refractivity contribution in [3.05, 3.63) is 52.6 Å². The van der Waals surface area contributed by atoms with Gasteiger partial charge in [0, 0.05) is 12.1 Å². The number of nitro benzene ring substituents is 1. The van der Waals surface area contributed by atoms with E-state index in [4.69, 9.17) is 9.47 Å². The number of carboxylic acids is 1. The molecular weight excluding hydrogens is 380 g/mol. The Morgan fingerprint density at radius 3 is 2.26 bits per heavy atom. The number of nitrogens with zero attached hydrogens (tertiary/aromatic N) is 2. The smallest absolute Gasteiger partial charge is 0.324 e. The second-order valence-corrected chi connectivity index (χ2v) is 7.06. The van der Waals surface area contributed by atoms with Crippen LogP contribution in [-0.2, 0) is 14.8 Å². The number of nitro groups is 1. The van der Waals surface area contributed by atoms with E-state index in [2.05, 4.69) is 0 Å². The molecule has 0 bridgehead atoms. The first-order valence-corrected chi connectivity index (χ1v) is 8.85. The zero-order valence-corrected chi connectivity index (χ0v) is 15.2. The third-order valence-electron chi connectivity index (χ3n) is 3.57. The Morgan fingerprint density at radius 1 is 1.15 bits per heavy atom. The summed E-state index contributed by atoms with van der Waals surface area (Å²) in [6, 6.07) is 8.56. The van der Waals surface area contributed by atoms with Crippen LogP contribution in [0.1, 0.15) is 0 Å². The van der Waals surface area contributed by atoms with Crippen molar-refractivity contribution in [2.75, 3.05) is 25.1 Å². The summed E-state index contributed by atoms with van der Waals surface area (Å²) in [5.74, 6) is -1.06. The van der Waals surface area contributed by atoms with Gasteiger partial charge < -0.3 is 14.6 Å². The average Bonchev–Trinajstić information content (AvgIpc) is 2.65. The average molecular weight is 396 g/mol. The van der Waals surface area contributed by atoms with Crippen LogP contribution in [0, 0.1) is 10.1 Å². The van der Waals surface area contributed by atoms with Gasteiger partial charge in [-0.15, -0.1) is 0 Å². The lowest BCUT2D eigenvalue weighted by atomic mass is 10.2. The Kier molecular flexibility index (Phi) is 5.85. The number of hydrogen-bond acceptors (Lipinski definition) is 7. The molecule has 2 aromatic rings. The molecule has 0 aliphatic carbocycles. The lowest BCUT2D eigenvalue weighted by molar-refractivity contribution is -0.384. The lowest BCUT2D eigenvalue weighted by Gasteiger charge is -2.24. The van der Waals surface area contributed by atoms with Gasteiger partial charge in [-0.1, -0.05) is 0 Å². The Balaban J connectivity index is 2.65. The number of carbonyl (C=O) groups is 1. The third kappa shape index (κ3) is 4.26. The maximum Gasteiger partial charge on any atom is 0.324 e. The van der Waals surface area contributed by atoms with Crippen LogP contribution in [0.25, 0.3) is 0 Å². The van der Waals surface area contributed by atoms with Gasteiger partial charge >= 0.3 is 5.97 Å². The highest BCUT2D eigenvalue weighted by molar-refractivity contribution is 7.92. The fraction of sp³-hybridized carbons (Fsp3) is 0.188. The first-order valence-electron chi connectivity index (χ1n) is 7.41. The van der Waals surface area contributed by atoms with E-state index in [1.165, 1.54) is 44.6 Å². The summed E-state index contributed by atoms with van der Waals surface area (Å²) in [4.78, 5) is 21.4. The second-order valence-electron chi connectivity index (χ2n) is 5.19. The molecule has 0 amide bonds. The summed E-state index contributed by atoms with van der Waals surface area (Å²) in [7, 11) is -1.70. The molecule has 0 saturated heterocycles. The van der Waals surface area contributed by atoms with E-state index in [0.717, 1.165) is 12.1 Å². The van der Waals surface area contributed by atoms with Crippen LogP contribution < -0.4 is 13.8 Å². The standard InChI is InChI=1S/C16H16N2O8S/c1-25-12-4-6-13(7-5-12)27(23,24)17(10-16(19)20)14-9-11(18(21)22)3-8-15(14)26-2/h3-9H,10H2,1-2H3,(H,19,20). The first kappa shape index (κ1) is 20.0. The number of ether oxygens (including phenoxy) is 2. The van der Waals surface area contributed by atoms with E-state index < -0.39 is 33.1 Å². The van der Waals surface area contributed by atoms with Crippen molar-refractivity contribution in [2.24, 2.45) is 0 Å². The molecule has 0 aliphatic rings. The van der Waals surface area contributed by atoms with Crippen molar-refractivity contribution >= 4 is 27.4 Å². The number of rotatable bonds is 8. The summed E-state index contributed by atoms with van der Waals surface area (Å²) in [6.45, 7) is -0.952. The topological polar surface area (TPSA) is 136 Å². The first-order chi connectivity index (χ1) is 12.7. The molecule has 2 rings (SSSR count). The summed E-state index contributed by atoms with van der Waals surface area (Å²) >= 11 is 0. The van der Waals surface area contributed by atoms with Gasteiger partial charge in [0.1, 0.15) is 23.7 Å². The molecule has 1 N–H and O–H groups in total. The molecule has 2 aromatic carbocycles. The zero-order valence-electron chi connectivity index (χ0n) is 14.4. The molecule has 0 atom stereocenters. The Morgan fingerprint density at radius 2 is 1.78 bits per heavy atom. The number of hydrogen-bond donors (Lipinski definition) is 1. The number of aliphatic carboxylic acids is 1. The molecule has 0 aliphatic heterocycles. The molecule has 0 spiro atoms. The Hall–Kier alpha value is -3.34. The molecule has 27 heavy (non-hydrogen) atoms. The molecule has 144 valence electrons. The number of non-ortho nitro benzene ring substituents is 1. The van der Waals surface area contributed by atoms with E-state index in [0.29, 0.717) is 10.1 Å². The van der Waals surface area contributed by atoms with Crippen molar-refractivity contribution in [3.8, 4) is 11.5 Å². The fourth-order valence-corrected chi connectivity index (χ4v) is 3.70. The molecule has 0 saturated carbocycles. The minimum absolute atomic E-state index is 0.0288. The lowest BCUT2D eigenvalue weighted by Crippen LogP contribution is -2.36. The summed E-state index contributed by atoms with van der Waals surface area (Å²) < 4.78 is 36.6. The summed E-state index contributed by atoms with van der Waals surface area (Å²) in [6.07, 6.45) is 0. The highest BCUT2D eigenvalue weighted by atomic mass is 32.2. The molecule has 0 fully saturated rings. The van der Waals surface area contributed by atoms with Crippen LogP contribution in [0.2, 0.25) is 0 Å². The highest BCUT2D eigenvalue weighted by Gasteiger charge is 2.30.